The molecule has 0 heterocycles. The molecule has 1 aromatic carbocycles. The average molecular weight is 302 g/mol. The number of hydrogen-bond donors (Lipinski definition) is 2. The molecule has 22 heavy (non-hydrogen) atoms. The number of nitrogens with one attached hydrogen (secondary N) is 2. The van der Waals surface area contributed by atoms with E-state index >= 15 is 0 Å². The van der Waals surface area contributed by atoms with Gasteiger partial charge in [0.15, 0.2) is 0 Å². The van der Waals surface area contributed by atoms with Gasteiger partial charge in [-0.25, -0.2) is 0 Å². The first-order valence-electron chi connectivity index (χ1n) is 7.24. The van der Waals surface area contributed by atoms with Crippen molar-refractivity contribution in [3.05, 3.63) is 29.8 Å². The lowest BCUT2D eigenvalue weighted by atomic mass is 10.0. The van der Waals surface area contributed by atoms with Crippen LogP contribution in [0.2, 0.25) is 0 Å². The third-order valence-corrected chi connectivity index (χ3v) is 3.03. The molecule has 0 aliphatic rings. The van der Waals surface area contributed by atoms with E-state index in [1.54, 1.807) is 24.3 Å². The molecule has 5 heteroatoms. The smallest absolute Gasteiger partial charge is 0.251 e. The maximum atomic E-state index is 12.2. The largest absolute Gasteiger partial charge is 0.494 e. The van der Waals surface area contributed by atoms with Crippen molar-refractivity contribution >= 4 is 11.8 Å². The van der Waals surface area contributed by atoms with Crippen LogP contribution in [0, 0.1) is 18.3 Å². The normalized spacial score (nSPS) is 11.4. The molecule has 0 spiro atoms. The first-order valence-corrected chi connectivity index (χ1v) is 7.24. The molecule has 0 aromatic heterocycles. The standard InChI is InChI=1S/C17H22N2O3/c1-5-11-18-17(21)15(12(3)4)19-16(20)13-7-9-14(10-8-13)22-6-2/h1,7-10,12,15H,6,11H2,2-4H3,(H,18,21)(H,19,20). The van der Waals surface area contributed by atoms with Gasteiger partial charge in [0.2, 0.25) is 5.91 Å². The van der Waals surface area contributed by atoms with E-state index in [4.69, 9.17) is 11.2 Å². The molecule has 2 amide bonds. The predicted molar refractivity (Wildman–Crippen MR) is 85.5 cm³/mol. The summed E-state index contributed by atoms with van der Waals surface area (Å²) in [5.74, 6) is 2.39. The van der Waals surface area contributed by atoms with Gasteiger partial charge in [0.05, 0.1) is 13.2 Å². The molecule has 0 aliphatic heterocycles. The van der Waals surface area contributed by atoms with Crippen molar-refractivity contribution in [2.24, 2.45) is 5.92 Å². The van der Waals surface area contributed by atoms with Gasteiger partial charge < -0.3 is 15.4 Å². The summed E-state index contributed by atoms with van der Waals surface area (Å²) in [6.07, 6.45) is 5.12. The Bertz CT molecular complexity index is 544. The number of rotatable bonds is 7. The minimum absolute atomic E-state index is 0.0515. The number of amides is 2. The van der Waals surface area contributed by atoms with Gasteiger partial charge in [-0.05, 0) is 37.1 Å². The minimum atomic E-state index is -0.632. The highest BCUT2D eigenvalue weighted by molar-refractivity contribution is 5.97. The van der Waals surface area contributed by atoms with E-state index in [0.29, 0.717) is 17.9 Å². The highest BCUT2D eigenvalue weighted by atomic mass is 16.5. The van der Waals surface area contributed by atoms with E-state index in [1.807, 2.05) is 20.8 Å². The van der Waals surface area contributed by atoms with Crippen molar-refractivity contribution in [2.45, 2.75) is 26.8 Å². The van der Waals surface area contributed by atoms with Gasteiger partial charge in [-0.3, -0.25) is 9.59 Å². The lowest BCUT2D eigenvalue weighted by Crippen LogP contribution is -2.49. The van der Waals surface area contributed by atoms with Crippen LogP contribution in [-0.2, 0) is 4.79 Å². The fraction of sp³-hybridized carbons (Fsp3) is 0.412. The number of benzene rings is 1. The molecular formula is C17H22N2O3. The highest BCUT2D eigenvalue weighted by Gasteiger charge is 2.24. The highest BCUT2D eigenvalue weighted by Crippen LogP contribution is 2.12. The Morgan fingerprint density at radius 1 is 1.27 bits per heavy atom. The van der Waals surface area contributed by atoms with Crippen molar-refractivity contribution in [3.8, 4) is 18.1 Å². The van der Waals surface area contributed by atoms with Crippen LogP contribution in [0.5, 0.6) is 5.75 Å². The average Bonchev–Trinajstić information content (AvgIpc) is 2.50. The number of ether oxygens (including phenoxy) is 1. The molecule has 0 aliphatic carbocycles. The molecule has 0 bridgehead atoms. The molecule has 0 saturated heterocycles. The Hall–Kier alpha value is -2.48. The maximum absolute atomic E-state index is 12.2. The zero-order valence-electron chi connectivity index (χ0n) is 13.2. The second kappa shape index (κ2) is 8.73. The molecule has 2 N–H and O–H groups in total. The van der Waals surface area contributed by atoms with Crippen LogP contribution in [-0.4, -0.2) is 31.0 Å². The Labute approximate surface area is 131 Å². The van der Waals surface area contributed by atoms with Crippen LogP contribution in [0.3, 0.4) is 0 Å². The Balaban J connectivity index is 2.74. The van der Waals surface area contributed by atoms with Crippen LogP contribution >= 0.6 is 0 Å². The summed E-state index contributed by atoms with van der Waals surface area (Å²) in [4.78, 5) is 24.2. The topological polar surface area (TPSA) is 67.4 Å². The van der Waals surface area contributed by atoms with Crippen LogP contribution < -0.4 is 15.4 Å². The lowest BCUT2D eigenvalue weighted by Gasteiger charge is -2.21. The van der Waals surface area contributed by atoms with Crippen molar-refractivity contribution in [1.82, 2.24) is 10.6 Å². The van der Waals surface area contributed by atoms with E-state index in [-0.39, 0.29) is 24.3 Å². The van der Waals surface area contributed by atoms with Crippen molar-refractivity contribution in [1.29, 1.82) is 0 Å². The van der Waals surface area contributed by atoms with E-state index in [2.05, 4.69) is 16.6 Å². The summed E-state index contributed by atoms with van der Waals surface area (Å²) in [5.41, 5.74) is 0.471. The lowest BCUT2D eigenvalue weighted by molar-refractivity contribution is -0.123. The van der Waals surface area contributed by atoms with Crippen molar-refractivity contribution < 1.29 is 14.3 Å². The van der Waals surface area contributed by atoms with Crippen molar-refractivity contribution in [3.63, 3.8) is 0 Å². The van der Waals surface area contributed by atoms with Gasteiger partial charge in [-0.1, -0.05) is 19.8 Å². The maximum Gasteiger partial charge on any atom is 0.251 e. The molecule has 118 valence electrons. The monoisotopic (exact) mass is 302 g/mol. The second-order valence-corrected chi connectivity index (χ2v) is 5.07. The molecule has 1 rings (SSSR count). The van der Waals surface area contributed by atoms with Gasteiger partial charge >= 0.3 is 0 Å². The van der Waals surface area contributed by atoms with Crippen LogP contribution in [0.25, 0.3) is 0 Å². The zero-order valence-corrected chi connectivity index (χ0v) is 13.2. The summed E-state index contributed by atoms with van der Waals surface area (Å²) in [6, 6.07) is 6.14. The Morgan fingerprint density at radius 3 is 2.41 bits per heavy atom. The van der Waals surface area contributed by atoms with Crippen LogP contribution in [0.4, 0.5) is 0 Å². The summed E-state index contributed by atoms with van der Waals surface area (Å²) in [5, 5.41) is 5.32. The molecule has 1 unspecified atom stereocenters. The van der Waals surface area contributed by atoms with Gasteiger partial charge in [0.1, 0.15) is 11.8 Å². The Morgan fingerprint density at radius 2 is 1.91 bits per heavy atom. The van der Waals surface area contributed by atoms with Crippen molar-refractivity contribution in [2.75, 3.05) is 13.2 Å². The zero-order chi connectivity index (χ0) is 16.5. The van der Waals surface area contributed by atoms with Crippen LogP contribution in [0.15, 0.2) is 24.3 Å². The molecule has 1 atom stereocenters. The first kappa shape index (κ1) is 17.6. The third-order valence-electron chi connectivity index (χ3n) is 3.03. The Kier molecular flexibility index (Phi) is 6.97. The fourth-order valence-corrected chi connectivity index (χ4v) is 1.88. The molecule has 0 radical (unpaired) electrons. The minimum Gasteiger partial charge on any atom is -0.494 e. The van der Waals surface area contributed by atoms with E-state index < -0.39 is 6.04 Å². The van der Waals surface area contributed by atoms with Gasteiger partial charge in [-0.15, -0.1) is 6.42 Å². The van der Waals surface area contributed by atoms with E-state index in [1.165, 1.54) is 0 Å². The fourth-order valence-electron chi connectivity index (χ4n) is 1.88. The summed E-state index contributed by atoms with van der Waals surface area (Å²) in [7, 11) is 0. The quantitative estimate of drug-likeness (QED) is 0.752. The third kappa shape index (κ3) is 5.13. The summed E-state index contributed by atoms with van der Waals surface area (Å²) >= 11 is 0. The molecule has 0 saturated carbocycles. The van der Waals surface area contributed by atoms with Gasteiger partial charge in [0, 0.05) is 5.56 Å². The molecular weight excluding hydrogens is 280 g/mol. The SMILES string of the molecule is C#CCNC(=O)C(NC(=O)c1ccc(OCC)cc1)C(C)C. The van der Waals surface area contributed by atoms with E-state index in [0.717, 1.165) is 0 Å². The number of hydrogen-bond acceptors (Lipinski definition) is 3. The first-order chi connectivity index (χ1) is 10.5. The number of carbonyl (C=O) groups is 2. The van der Waals surface area contributed by atoms with Gasteiger partial charge in [0.25, 0.3) is 5.91 Å². The summed E-state index contributed by atoms with van der Waals surface area (Å²) < 4.78 is 5.33. The predicted octanol–water partition coefficient (Wildman–Crippen LogP) is 1.59. The number of terminal acetylenes is 1. The van der Waals surface area contributed by atoms with E-state index in [9.17, 15) is 9.59 Å². The van der Waals surface area contributed by atoms with Gasteiger partial charge in [-0.2, -0.15) is 0 Å². The molecule has 1 aromatic rings. The van der Waals surface area contributed by atoms with Crippen LogP contribution in [0.1, 0.15) is 31.1 Å². The molecule has 0 fully saturated rings. The second-order valence-electron chi connectivity index (χ2n) is 5.07. The number of carbonyl (C=O) groups excluding carboxylic acids is 2. The summed E-state index contributed by atoms with van der Waals surface area (Å²) in [6.45, 7) is 6.32. The molecule has 5 nitrogen and oxygen atoms in total.